The number of rotatable bonds is 1. The minimum absolute atomic E-state index is 0.182. The van der Waals surface area contributed by atoms with E-state index in [2.05, 4.69) is 18.7 Å². The van der Waals surface area contributed by atoms with Crippen LogP contribution in [0.1, 0.15) is 39.5 Å². The molecule has 2 aliphatic heterocycles. The van der Waals surface area contributed by atoms with E-state index in [-0.39, 0.29) is 11.6 Å². The maximum absolute atomic E-state index is 6.00. The van der Waals surface area contributed by atoms with Gasteiger partial charge in [0.2, 0.25) is 0 Å². The molecule has 1 atom stereocenters. The average Bonchev–Trinajstić information content (AvgIpc) is 2.24. The normalized spacial score (nSPS) is 32.4. The fraction of sp³-hybridized carbons (Fsp3) is 1.00. The second-order valence-electron chi connectivity index (χ2n) is 5.42. The van der Waals surface area contributed by atoms with Gasteiger partial charge in [0, 0.05) is 25.2 Å². The van der Waals surface area contributed by atoms with Crippen molar-refractivity contribution in [3.63, 3.8) is 0 Å². The first-order chi connectivity index (χ1) is 7.11. The zero-order valence-electron chi connectivity index (χ0n) is 10.0. The number of hydrogen-bond acceptors (Lipinski definition) is 3. The van der Waals surface area contributed by atoms with Crippen molar-refractivity contribution in [2.45, 2.75) is 57.2 Å². The minimum atomic E-state index is 0.182. The number of likely N-dealkylation sites (tertiary alicyclic amines) is 1. The van der Waals surface area contributed by atoms with E-state index < -0.39 is 0 Å². The first kappa shape index (κ1) is 11.4. The molecule has 0 aliphatic carbocycles. The highest BCUT2D eigenvalue weighted by molar-refractivity contribution is 4.92. The van der Waals surface area contributed by atoms with Crippen LogP contribution in [0.3, 0.4) is 0 Å². The summed E-state index contributed by atoms with van der Waals surface area (Å²) in [6.45, 7) is 7.69. The van der Waals surface area contributed by atoms with Gasteiger partial charge < -0.3 is 15.4 Å². The molecule has 2 aliphatic rings. The lowest BCUT2D eigenvalue weighted by atomic mass is 9.83. The molecule has 0 radical (unpaired) electrons. The molecule has 0 aromatic heterocycles. The Morgan fingerprint density at radius 3 is 2.40 bits per heavy atom. The van der Waals surface area contributed by atoms with Crippen LogP contribution in [0.5, 0.6) is 0 Å². The van der Waals surface area contributed by atoms with Gasteiger partial charge in [0.25, 0.3) is 0 Å². The van der Waals surface area contributed by atoms with Crippen LogP contribution in [0.15, 0.2) is 0 Å². The highest BCUT2D eigenvalue weighted by atomic mass is 16.5. The predicted octanol–water partition coefficient (Wildman–Crippen LogP) is 1.37. The number of ether oxygens (including phenoxy) is 1. The molecule has 0 amide bonds. The van der Waals surface area contributed by atoms with Crippen LogP contribution in [-0.2, 0) is 4.74 Å². The Balaban J connectivity index is 1.86. The van der Waals surface area contributed by atoms with Crippen molar-refractivity contribution in [2.24, 2.45) is 5.73 Å². The Morgan fingerprint density at radius 2 is 1.93 bits per heavy atom. The molecular formula is C12H24N2O. The van der Waals surface area contributed by atoms with Gasteiger partial charge in [-0.25, -0.2) is 0 Å². The minimum Gasteiger partial charge on any atom is -0.373 e. The zero-order valence-corrected chi connectivity index (χ0v) is 10.0. The van der Waals surface area contributed by atoms with E-state index in [9.17, 15) is 0 Å². The number of nitrogens with two attached hydrogens (primary N) is 1. The fourth-order valence-corrected chi connectivity index (χ4v) is 2.73. The van der Waals surface area contributed by atoms with Gasteiger partial charge in [0.15, 0.2) is 0 Å². The van der Waals surface area contributed by atoms with Crippen LogP contribution in [0.2, 0.25) is 0 Å². The molecule has 0 aromatic rings. The van der Waals surface area contributed by atoms with Gasteiger partial charge in [-0.05, 0) is 39.5 Å². The van der Waals surface area contributed by atoms with Crippen molar-refractivity contribution in [1.29, 1.82) is 0 Å². The fourth-order valence-electron chi connectivity index (χ4n) is 2.73. The lowest BCUT2D eigenvalue weighted by Gasteiger charge is -2.46. The van der Waals surface area contributed by atoms with E-state index in [0.717, 1.165) is 13.0 Å². The van der Waals surface area contributed by atoms with E-state index in [4.69, 9.17) is 10.5 Å². The molecular weight excluding hydrogens is 188 g/mol. The van der Waals surface area contributed by atoms with Crippen molar-refractivity contribution in [1.82, 2.24) is 4.90 Å². The zero-order chi connectivity index (χ0) is 10.9. The van der Waals surface area contributed by atoms with Crippen molar-refractivity contribution < 1.29 is 4.74 Å². The summed E-state index contributed by atoms with van der Waals surface area (Å²) in [6.07, 6.45) is 4.69. The van der Waals surface area contributed by atoms with Crippen LogP contribution in [-0.4, -0.2) is 42.3 Å². The lowest BCUT2D eigenvalue weighted by Crippen LogP contribution is -2.52. The van der Waals surface area contributed by atoms with E-state index in [1.54, 1.807) is 0 Å². The maximum atomic E-state index is 6.00. The Kier molecular flexibility index (Phi) is 3.33. The SMILES string of the molecule is CC(C)N1CCC2(CC[C@@H](N)CO2)CC1. The molecule has 2 saturated heterocycles. The highest BCUT2D eigenvalue weighted by Crippen LogP contribution is 2.34. The molecule has 2 rings (SSSR count). The van der Waals surface area contributed by atoms with E-state index in [1.165, 1.54) is 32.4 Å². The molecule has 15 heavy (non-hydrogen) atoms. The molecule has 2 fully saturated rings. The largest absolute Gasteiger partial charge is 0.373 e. The summed E-state index contributed by atoms with van der Waals surface area (Å²) >= 11 is 0. The highest BCUT2D eigenvalue weighted by Gasteiger charge is 2.38. The van der Waals surface area contributed by atoms with E-state index in [1.807, 2.05) is 0 Å². The molecule has 2 heterocycles. The molecule has 88 valence electrons. The third-order valence-corrected chi connectivity index (χ3v) is 4.01. The topological polar surface area (TPSA) is 38.5 Å². The van der Waals surface area contributed by atoms with Crippen LogP contribution < -0.4 is 5.73 Å². The van der Waals surface area contributed by atoms with Crippen LogP contribution in [0.4, 0.5) is 0 Å². The van der Waals surface area contributed by atoms with Crippen molar-refractivity contribution in [3.05, 3.63) is 0 Å². The Labute approximate surface area is 93.0 Å². The van der Waals surface area contributed by atoms with Gasteiger partial charge in [-0.15, -0.1) is 0 Å². The Morgan fingerprint density at radius 1 is 1.27 bits per heavy atom. The second-order valence-corrected chi connectivity index (χ2v) is 5.42. The van der Waals surface area contributed by atoms with Gasteiger partial charge in [0.05, 0.1) is 12.2 Å². The number of piperidine rings is 1. The van der Waals surface area contributed by atoms with E-state index >= 15 is 0 Å². The van der Waals surface area contributed by atoms with Gasteiger partial charge >= 0.3 is 0 Å². The van der Waals surface area contributed by atoms with Crippen LogP contribution in [0, 0.1) is 0 Å². The van der Waals surface area contributed by atoms with Gasteiger partial charge in [-0.2, -0.15) is 0 Å². The van der Waals surface area contributed by atoms with Gasteiger partial charge in [-0.3, -0.25) is 0 Å². The summed E-state index contributed by atoms with van der Waals surface area (Å²) in [5, 5.41) is 0. The monoisotopic (exact) mass is 212 g/mol. The first-order valence-electron chi connectivity index (χ1n) is 6.25. The number of hydrogen-bond donors (Lipinski definition) is 1. The maximum Gasteiger partial charge on any atom is 0.0708 e. The smallest absolute Gasteiger partial charge is 0.0708 e. The summed E-state index contributed by atoms with van der Waals surface area (Å²) in [4.78, 5) is 2.54. The lowest BCUT2D eigenvalue weighted by molar-refractivity contribution is -0.119. The second kappa shape index (κ2) is 4.40. The van der Waals surface area contributed by atoms with Crippen LogP contribution in [0.25, 0.3) is 0 Å². The molecule has 1 spiro atoms. The summed E-state index contributed by atoms with van der Waals surface area (Å²) in [5.41, 5.74) is 6.05. The van der Waals surface area contributed by atoms with Crippen molar-refractivity contribution in [3.8, 4) is 0 Å². The summed E-state index contributed by atoms with van der Waals surface area (Å²) in [5.74, 6) is 0. The Bertz CT molecular complexity index is 200. The van der Waals surface area contributed by atoms with Crippen molar-refractivity contribution >= 4 is 0 Å². The van der Waals surface area contributed by atoms with Crippen molar-refractivity contribution in [2.75, 3.05) is 19.7 Å². The molecule has 0 aromatic carbocycles. The average molecular weight is 212 g/mol. The third kappa shape index (κ3) is 2.52. The summed E-state index contributed by atoms with van der Waals surface area (Å²) < 4.78 is 6.00. The Hall–Kier alpha value is -0.120. The molecule has 3 heteroatoms. The first-order valence-corrected chi connectivity index (χ1v) is 6.25. The van der Waals surface area contributed by atoms with Crippen LogP contribution >= 0.6 is 0 Å². The molecule has 2 N–H and O–H groups in total. The summed E-state index contributed by atoms with van der Waals surface area (Å²) in [7, 11) is 0. The quantitative estimate of drug-likeness (QED) is 0.713. The predicted molar refractivity (Wildman–Crippen MR) is 61.8 cm³/mol. The third-order valence-electron chi connectivity index (χ3n) is 4.01. The number of nitrogens with zero attached hydrogens (tertiary/aromatic N) is 1. The van der Waals surface area contributed by atoms with E-state index in [0.29, 0.717) is 6.04 Å². The van der Waals surface area contributed by atoms with Gasteiger partial charge in [0.1, 0.15) is 0 Å². The molecule has 0 saturated carbocycles. The molecule has 0 bridgehead atoms. The summed E-state index contributed by atoms with van der Waals surface area (Å²) in [6, 6.07) is 0.951. The molecule has 0 unspecified atom stereocenters. The molecule has 3 nitrogen and oxygen atoms in total. The standard InChI is InChI=1S/C12H24N2O/c1-10(2)14-7-5-12(6-8-14)4-3-11(13)9-15-12/h10-11H,3-9,13H2,1-2H3/t11-/m1/s1. The van der Waals surface area contributed by atoms with Gasteiger partial charge in [-0.1, -0.05) is 0 Å².